The molecule has 0 aliphatic rings. The van der Waals surface area contributed by atoms with Gasteiger partial charge >= 0.3 is 0 Å². The fraction of sp³-hybridized carbons (Fsp3) is 0.250. The van der Waals surface area contributed by atoms with E-state index >= 15 is 0 Å². The minimum Gasteiger partial charge on any atom is -0.329 e. The molecule has 0 saturated heterocycles. The minimum atomic E-state index is -0.199. The predicted molar refractivity (Wildman–Crippen MR) is 88.8 cm³/mol. The molecule has 0 saturated carbocycles. The van der Waals surface area contributed by atoms with Gasteiger partial charge in [-0.05, 0) is 30.8 Å². The van der Waals surface area contributed by atoms with E-state index in [-0.39, 0.29) is 11.9 Å². The highest BCUT2D eigenvalue weighted by Crippen LogP contribution is 2.30. The molecular weight excluding hydrogens is 355 g/mol. The zero-order valence-electron chi connectivity index (χ0n) is 11.7. The van der Waals surface area contributed by atoms with Crippen LogP contribution in [0.25, 0.3) is 0 Å². The Bertz CT molecular complexity index is 621. The summed E-state index contributed by atoms with van der Waals surface area (Å²) in [4.78, 5) is 2.03. The lowest BCUT2D eigenvalue weighted by molar-refractivity contribution is 0.238. The van der Waals surface area contributed by atoms with Crippen LogP contribution in [0.1, 0.15) is 17.2 Å². The predicted octanol–water partition coefficient (Wildman–Crippen LogP) is 4.37. The molecule has 0 bridgehead atoms. The Labute approximate surface area is 137 Å². The number of hydrogen-bond acceptors (Lipinski definition) is 2. The van der Waals surface area contributed by atoms with Gasteiger partial charge in [-0.15, -0.1) is 0 Å². The molecule has 112 valence electrons. The van der Waals surface area contributed by atoms with E-state index in [2.05, 4.69) is 15.9 Å². The first kappa shape index (κ1) is 16.4. The molecule has 0 heterocycles. The van der Waals surface area contributed by atoms with Crippen LogP contribution in [-0.4, -0.2) is 18.5 Å². The van der Waals surface area contributed by atoms with Crippen LogP contribution in [0, 0.1) is 5.82 Å². The van der Waals surface area contributed by atoms with Crippen LogP contribution in [0.15, 0.2) is 46.9 Å². The molecule has 1 unspecified atom stereocenters. The second kappa shape index (κ2) is 7.36. The molecule has 0 fully saturated rings. The standard InChI is InChI=1S/C16H17BrClFN2/c1-21(10-11-4-2-3-5-15(11)19)16(9-20)13-7-6-12(18)8-14(13)17/h2-8,16H,9-10,20H2,1H3. The quantitative estimate of drug-likeness (QED) is 0.845. The van der Waals surface area contributed by atoms with E-state index in [0.717, 1.165) is 10.0 Å². The van der Waals surface area contributed by atoms with E-state index in [1.54, 1.807) is 12.1 Å². The first-order valence-electron chi connectivity index (χ1n) is 6.61. The van der Waals surface area contributed by atoms with E-state index in [1.165, 1.54) is 6.07 Å². The molecule has 5 heteroatoms. The summed E-state index contributed by atoms with van der Waals surface area (Å²) in [7, 11) is 1.94. The van der Waals surface area contributed by atoms with Crippen molar-refractivity contribution in [1.82, 2.24) is 4.90 Å². The lowest BCUT2D eigenvalue weighted by Crippen LogP contribution is -2.30. The summed E-state index contributed by atoms with van der Waals surface area (Å²) in [5.74, 6) is -0.199. The number of halogens is 3. The molecular formula is C16H17BrClFN2. The van der Waals surface area contributed by atoms with Crippen molar-refractivity contribution >= 4 is 27.5 Å². The molecule has 0 spiro atoms. The van der Waals surface area contributed by atoms with Crippen molar-refractivity contribution < 1.29 is 4.39 Å². The van der Waals surface area contributed by atoms with Crippen LogP contribution in [-0.2, 0) is 6.54 Å². The van der Waals surface area contributed by atoms with E-state index in [4.69, 9.17) is 17.3 Å². The topological polar surface area (TPSA) is 29.3 Å². The zero-order valence-corrected chi connectivity index (χ0v) is 14.0. The first-order valence-corrected chi connectivity index (χ1v) is 7.78. The molecule has 2 nitrogen and oxygen atoms in total. The van der Waals surface area contributed by atoms with Gasteiger partial charge in [0.1, 0.15) is 5.82 Å². The van der Waals surface area contributed by atoms with E-state index in [0.29, 0.717) is 23.7 Å². The Kier molecular flexibility index (Phi) is 5.76. The van der Waals surface area contributed by atoms with Crippen LogP contribution in [0.3, 0.4) is 0 Å². The van der Waals surface area contributed by atoms with Gasteiger partial charge in [0.15, 0.2) is 0 Å². The fourth-order valence-electron chi connectivity index (χ4n) is 2.32. The Balaban J connectivity index is 2.22. The van der Waals surface area contributed by atoms with Crippen molar-refractivity contribution in [2.24, 2.45) is 5.73 Å². The molecule has 0 radical (unpaired) electrons. The van der Waals surface area contributed by atoms with Gasteiger partial charge in [0, 0.05) is 34.2 Å². The van der Waals surface area contributed by atoms with Crippen LogP contribution < -0.4 is 5.73 Å². The summed E-state index contributed by atoms with van der Waals surface area (Å²) in [5, 5.41) is 0.665. The number of nitrogens with zero attached hydrogens (tertiary/aromatic N) is 1. The average Bonchev–Trinajstić information content (AvgIpc) is 2.44. The zero-order chi connectivity index (χ0) is 15.4. The lowest BCUT2D eigenvalue weighted by Gasteiger charge is -2.28. The van der Waals surface area contributed by atoms with Crippen LogP contribution >= 0.6 is 27.5 Å². The van der Waals surface area contributed by atoms with E-state index < -0.39 is 0 Å². The Morgan fingerprint density at radius 1 is 1.29 bits per heavy atom. The fourth-order valence-corrected chi connectivity index (χ4v) is 3.27. The van der Waals surface area contributed by atoms with Gasteiger partial charge in [-0.25, -0.2) is 4.39 Å². The highest BCUT2D eigenvalue weighted by molar-refractivity contribution is 9.10. The maximum absolute atomic E-state index is 13.8. The second-order valence-electron chi connectivity index (χ2n) is 4.92. The minimum absolute atomic E-state index is 0.0174. The van der Waals surface area contributed by atoms with Crippen LogP contribution in [0.5, 0.6) is 0 Å². The molecule has 2 rings (SSSR count). The summed E-state index contributed by atoms with van der Waals surface area (Å²) in [6.45, 7) is 0.925. The molecule has 0 aromatic heterocycles. The molecule has 0 aliphatic carbocycles. The number of benzene rings is 2. The van der Waals surface area contributed by atoms with Gasteiger partial charge < -0.3 is 5.73 Å². The second-order valence-corrected chi connectivity index (χ2v) is 6.21. The smallest absolute Gasteiger partial charge is 0.127 e. The highest BCUT2D eigenvalue weighted by atomic mass is 79.9. The average molecular weight is 372 g/mol. The molecule has 2 aromatic carbocycles. The van der Waals surface area contributed by atoms with Crippen LogP contribution in [0.2, 0.25) is 5.02 Å². The van der Waals surface area contributed by atoms with Gasteiger partial charge in [0.05, 0.1) is 0 Å². The molecule has 0 amide bonds. The molecule has 2 N–H and O–H groups in total. The van der Waals surface area contributed by atoms with Crippen LogP contribution in [0.4, 0.5) is 4.39 Å². The van der Waals surface area contributed by atoms with E-state index in [1.807, 2.05) is 36.2 Å². The van der Waals surface area contributed by atoms with Crippen molar-refractivity contribution in [2.75, 3.05) is 13.6 Å². The highest BCUT2D eigenvalue weighted by Gasteiger charge is 2.19. The Hall–Kier alpha value is -0.940. The summed E-state index contributed by atoms with van der Waals surface area (Å²) in [6.07, 6.45) is 0. The number of rotatable bonds is 5. The lowest BCUT2D eigenvalue weighted by atomic mass is 10.0. The normalized spacial score (nSPS) is 12.7. The summed E-state index contributed by atoms with van der Waals surface area (Å²) in [6, 6.07) is 12.4. The summed E-state index contributed by atoms with van der Waals surface area (Å²) in [5.41, 5.74) is 7.61. The molecule has 0 aliphatic heterocycles. The van der Waals surface area contributed by atoms with Gasteiger partial charge in [-0.3, -0.25) is 4.90 Å². The molecule has 21 heavy (non-hydrogen) atoms. The van der Waals surface area contributed by atoms with Crippen molar-refractivity contribution in [3.8, 4) is 0 Å². The van der Waals surface area contributed by atoms with Gasteiger partial charge in [0.25, 0.3) is 0 Å². The SMILES string of the molecule is CN(Cc1ccccc1F)C(CN)c1ccc(Cl)cc1Br. The number of likely N-dealkylation sites (N-methyl/N-ethyl adjacent to an activating group) is 1. The Morgan fingerprint density at radius 3 is 2.62 bits per heavy atom. The van der Waals surface area contributed by atoms with Crippen molar-refractivity contribution in [3.63, 3.8) is 0 Å². The third kappa shape index (κ3) is 4.04. The summed E-state index contributed by atoms with van der Waals surface area (Å²) >= 11 is 9.49. The van der Waals surface area contributed by atoms with Gasteiger partial charge in [-0.1, -0.05) is 51.8 Å². The third-order valence-corrected chi connectivity index (χ3v) is 4.38. The van der Waals surface area contributed by atoms with Gasteiger partial charge in [-0.2, -0.15) is 0 Å². The number of hydrogen-bond donors (Lipinski definition) is 1. The van der Waals surface area contributed by atoms with E-state index in [9.17, 15) is 4.39 Å². The van der Waals surface area contributed by atoms with Crippen molar-refractivity contribution in [3.05, 3.63) is 68.9 Å². The maximum atomic E-state index is 13.8. The summed E-state index contributed by atoms with van der Waals surface area (Å²) < 4.78 is 14.7. The van der Waals surface area contributed by atoms with Crippen molar-refractivity contribution in [2.45, 2.75) is 12.6 Å². The first-order chi connectivity index (χ1) is 10.0. The monoisotopic (exact) mass is 370 g/mol. The maximum Gasteiger partial charge on any atom is 0.127 e. The van der Waals surface area contributed by atoms with Gasteiger partial charge in [0.2, 0.25) is 0 Å². The molecule has 1 atom stereocenters. The Morgan fingerprint density at radius 2 is 2.00 bits per heavy atom. The third-order valence-electron chi connectivity index (χ3n) is 3.45. The number of nitrogens with two attached hydrogens (primary N) is 1. The van der Waals surface area contributed by atoms with Crippen molar-refractivity contribution in [1.29, 1.82) is 0 Å². The molecule has 2 aromatic rings. The largest absolute Gasteiger partial charge is 0.329 e.